The second-order valence-corrected chi connectivity index (χ2v) is 10.1. The molecule has 3 nitrogen and oxygen atoms in total. The quantitative estimate of drug-likeness (QED) is 0.208. The van der Waals surface area contributed by atoms with Crippen LogP contribution in [0.5, 0.6) is 0 Å². The second-order valence-electron chi connectivity index (χ2n) is 10.1. The number of fused-ring (bicyclic) bond motifs is 1. The first kappa shape index (κ1) is 26.5. The molecule has 0 unspecified atom stereocenters. The van der Waals surface area contributed by atoms with E-state index in [-0.39, 0.29) is 5.91 Å². The van der Waals surface area contributed by atoms with E-state index in [1.165, 1.54) is 68.7 Å². The first-order valence-electron chi connectivity index (χ1n) is 13.8. The molecule has 1 aliphatic heterocycles. The topological polar surface area (TPSA) is 25.2 Å². The van der Waals surface area contributed by atoms with E-state index in [1.54, 1.807) is 0 Å². The normalized spacial score (nSPS) is 15.8. The summed E-state index contributed by atoms with van der Waals surface area (Å²) in [5.41, 5.74) is 2.47. The molecular weight excluding hydrogens is 416 g/mol. The molecule has 0 amide bonds. The lowest BCUT2D eigenvalue weighted by Gasteiger charge is -2.28. The van der Waals surface area contributed by atoms with E-state index in [1.807, 2.05) is 4.57 Å². The minimum Gasteiger partial charge on any atom is -0.306 e. The number of carbonyl (C=O) groups is 1. The number of hydrogen-bond donors (Lipinski definition) is 0. The van der Waals surface area contributed by atoms with E-state index >= 15 is 0 Å². The van der Waals surface area contributed by atoms with Crippen LogP contribution in [0.1, 0.15) is 107 Å². The smallest absolute Gasteiger partial charge is 0.231 e. The SMILES string of the molecule is CCCCC/C=C\C=C/CCCCCCCC(=O)n1cc(C2CCN(C)CC2)c2ccccc21. The van der Waals surface area contributed by atoms with Crippen LogP contribution in [0.25, 0.3) is 10.9 Å². The predicted molar refractivity (Wildman–Crippen MR) is 147 cm³/mol. The van der Waals surface area contributed by atoms with Crippen LogP contribution in [-0.4, -0.2) is 35.5 Å². The van der Waals surface area contributed by atoms with Gasteiger partial charge in [-0.05, 0) is 82.6 Å². The molecule has 1 aliphatic rings. The highest BCUT2D eigenvalue weighted by atomic mass is 16.2. The lowest BCUT2D eigenvalue weighted by atomic mass is 9.89. The number of carbonyl (C=O) groups excluding carboxylic acids is 1. The summed E-state index contributed by atoms with van der Waals surface area (Å²) in [6.45, 7) is 4.53. The van der Waals surface area contributed by atoms with E-state index in [0.29, 0.717) is 12.3 Å². The van der Waals surface area contributed by atoms with Crippen molar-refractivity contribution in [2.45, 2.75) is 96.3 Å². The Bertz CT molecular complexity index is 915. The zero-order valence-electron chi connectivity index (χ0n) is 21.7. The largest absolute Gasteiger partial charge is 0.306 e. The number of likely N-dealkylation sites (tertiary alicyclic amines) is 1. The van der Waals surface area contributed by atoms with Crippen molar-refractivity contribution in [1.29, 1.82) is 0 Å². The fraction of sp³-hybridized carbons (Fsp3) is 0.581. The van der Waals surface area contributed by atoms with Gasteiger partial charge < -0.3 is 4.90 Å². The summed E-state index contributed by atoms with van der Waals surface area (Å²) in [4.78, 5) is 15.5. The highest BCUT2D eigenvalue weighted by Crippen LogP contribution is 2.34. The molecule has 2 heterocycles. The molecule has 0 aliphatic carbocycles. The number of para-hydroxylation sites is 1. The van der Waals surface area contributed by atoms with E-state index in [0.717, 1.165) is 37.9 Å². The molecular formula is C31H46N2O. The molecule has 1 aromatic carbocycles. The number of hydrogen-bond acceptors (Lipinski definition) is 2. The monoisotopic (exact) mass is 462 g/mol. The van der Waals surface area contributed by atoms with E-state index in [9.17, 15) is 4.79 Å². The third-order valence-corrected chi connectivity index (χ3v) is 7.29. The van der Waals surface area contributed by atoms with Crippen molar-refractivity contribution in [2.75, 3.05) is 20.1 Å². The molecule has 1 saturated heterocycles. The number of allylic oxidation sites excluding steroid dienone is 4. The standard InChI is InChI=1S/C31H46N2O/c1-3-4-5-6-7-8-9-10-11-12-13-14-15-16-21-31(34)33-26-29(27-22-24-32(2)25-23-27)28-19-17-18-20-30(28)33/h7-10,17-20,26-27H,3-6,11-16,21-25H2,1-2H3/b8-7-,10-9-. The van der Waals surface area contributed by atoms with Gasteiger partial charge in [-0.3, -0.25) is 9.36 Å². The molecule has 0 N–H and O–H groups in total. The Kier molecular flexibility index (Phi) is 11.7. The fourth-order valence-corrected chi connectivity index (χ4v) is 5.11. The van der Waals surface area contributed by atoms with Gasteiger partial charge in [0.25, 0.3) is 0 Å². The first-order valence-corrected chi connectivity index (χ1v) is 13.8. The Balaban J connectivity index is 1.36. The number of benzene rings is 1. The number of aromatic nitrogens is 1. The maximum Gasteiger partial charge on any atom is 0.231 e. The van der Waals surface area contributed by atoms with Gasteiger partial charge in [0.05, 0.1) is 5.52 Å². The van der Waals surface area contributed by atoms with Gasteiger partial charge in [0.1, 0.15) is 0 Å². The van der Waals surface area contributed by atoms with Crippen LogP contribution in [0.4, 0.5) is 0 Å². The summed E-state index contributed by atoms with van der Waals surface area (Å²) in [6, 6.07) is 8.47. The molecule has 1 aromatic heterocycles. The van der Waals surface area contributed by atoms with Crippen molar-refractivity contribution < 1.29 is 4.79 Å². The van der Waals surface area contributed by atoms with Crippen LogP contribution in [0, 0.1) is 0 Å². The highest BCUT2D eigenvalue weighted by Gasteiger charge is 2.23. The van der Waals surface area contributed by atoms with Crippen molar-refractivity contribution in [1.82, 2.24) is 9.47 Å². The minimum absolute atomic E-state index is 0.254. The fourth-order valence-electron chi connectivity index (χ4n) is 5.11. The molecule has 0 bridgehead atoms. The zero-order valence-corrected chi connectivity index (χ0v) is 21.7. The maximum atomic E-state index is 13.1. The molecule has 3 rings (SSSR count). The maximum absolute atomic E-state index is 13.1. The summed E-state index contributed by atoms with van der Waals surface area (Å²) in [5, 5.41) is 1.27. The van der Waals surface area contributed by atoms with Gasteiger partial charge in [-0.2, -0.15) is 0 Å². The molecule has 2 aromatic rings. The van der Waals surface area contributed by atoms with Gasteiger partial charge in [0, 0.05) is 18.0 Å². The third-order valence-electron chi connectivity index (χ3n) is 7.29. The zero-order chi connectivity index (χ0) is 24.0. The molecule has 3 heteroatoms. The molecule has 186 valence electrons. The predicted octanol–water partition coefficient (Wildman–Crippen LogP) is 8.51. The van der Waals surface area contributed by atoms with Crippen molar-refractivity contribution >= 4 is 16.8 Å². The van der Waals surface area contributed by atoms with Crippen LogP contribution in [0.3, 0.4) is 0 Å². The van der Waals surface area contributed by atoms with Crippen LogP contribution in [0.2, 0.25) is 0 Å². The van der Waals surface area contributed by atoms with Gasteiger partial charge in [0.15, 0.2) is 0 Å². The second kappa shape index (κ2) is 15.0. The first-order chi connectivity index (χ1) is 16.7. The Labute approximate surface area is 207 Å². The Morgan fingerprint density at radius 1 is 0.912 bits per heavy atom. The van der Waals surface area contributed by atoms with Crippen LogP contribution in [0.15, 0.2) is 54.8 Å². The summed E-state index contributed by atoms with van der Waals surface area (Å²) < 4.78 is 1.95. The van der Waals surface area contributed by atoms with E-state index < -0.39 is 0 Å². The molecule has 1 fully saturated rings. The van der Waals surface area contributed by atoms with Crippen LogP contribution < -0.4 is 0 Å². The summed E-state index contributed by atoms with van der Waals surface area (Å²) in [6.07, 6.45) is 26.3. The Hall–Kier alpha value is -2.13. The van der Waals surface area contributed by atoms with Gasteiger partial charge in [-0.25, -0.2) is 0 Å². The molecule has 0 atom stereocenters. The number of nitrogens with zero attached hydrogens (tertiary/aromatic N) is 2. The molecule has 0 radical (unpaired) electrons. The van der Waals surface area contributed by atoms with Crippen LogP contribution in [-0.2, 0) is 0 Å². The lowest BCUT2D eigenvalue weighted by Crippen LogP contribution is -2.29. The van der Waals surface area contributed by atoms with Crippen molar-refractivity contribution in [3.63, 3.8) is 0 Å². The minimum atomic E-state index is 0.254. The summed E-state index contributed by atoms with van der Waals surface area (Å²) in [5.74, 6) is 0.824. The van der Waals surface area contributed by atoms with Crippen molar-refractivity contribution in [2.24, 2.45) is 0 Å². The summed E-state index contributed by atoms with van der Waals surface area (Å²) >= 11 is 0. The van der Waals surface area contributed by atoms with Gasteiger partial charge in [-0.1, -0.05) is 81.5 Å². The van der Waals surface area contributed by atoms with Crippen LogP contribution >= 0.6 is 0 Å². The third kappa shape index (κ3) is 8.27. The Morgan fingerprint density at radius 2 is 1.56 bits per heavy atom. The highest BCUT2D eigenvalue weighted by molar-refractivity contribution is 5.94. The Morgan fingerprint density at radius 3 is 2.29 bits per heavy atom. The van der Waals surface area contributed by atoms with E-state index in [2.05, 4.69) is 73.6 Å². The van der Waals surface area contributed by atoms with Crippen molar-refractivity contribution in [3.05, 3.63) is 60.3 Å². The number of rotatable bonds is 14. The van der Waals surface area contributed by atoms with Crippen molar-refractivity contribution in [3.8, 4) is 0 Å². The average molecular weight is 463 g/mol. The van der Waals surface area contributed by atoms with E-state index in [4.69, 9.17) is 0 Å². The summed E-state index contributed by atoms with van der Waals surface area (Å²) in [7, 11) is 2.20. The number of piperidine rings is 1. The van der Waals surface area contributed by atoms with Gasteiger partial charge in [-0.15, -0.1) is 0 Å². The molecule has 34 heavy (non-hydrogen) atoms. The number of unbranched alkanes of at least 4 members (excludes halogenated alkanes) is 8. The average Bonchev–Trinajstić information content (AvgIpc) is 3.24. The lowest BCUT2D eigenvalue weighted by molar-refractivity contribution is 0.0904. The molecule has 0 saturated carbocycles. The van der Waals surface area contributed by atoms with Gasteiger partial charge in [0.2, 0.25) is 5.91 Å². The van der Waals surface area contributed by atoms with Gasteiger partial charge >= 0.3 is 0 Å². The molecule has 0 spiro atoms.